The van der Waals surface area contributed by atoms with Gasteiger partial charge in [0.2, 0.25) is 5.91 Å². The summed E-state index contributed by atoms with van der Waals surface area (Å²) in [5.74, 6) is 0.263. The lowest BCUT2D eigenvalue weighted by molar-refractivity contribution is -0.117. The Hall–Kier alpha value is -2.09. The summed E-state index contributed by atoms with van der Waals surface area (Å²) >= 11 is 0. The number of carbonyl (C=O) groups is 1. The molecule has 0 aliphatic rings. The van der Waals surface area contributed by atoms with E-state index in [-0.39, 0.29) is 11.8 Å². The van der Waals surface area contributed by atoms with Gasteiger partial charge in [-0.1, -0.05) is 62.4 Å². The molecule has 2 heteroatoms. The second kappa shape index (κ2) is 6.38. The van der Waals surface area contributed by atoms with E-state index < -0.39 is 0 Å². The minimum atomic E-state index is -0.156. The Balaban J connectivity index is 2.16. The Kier molecular flexibility index (Phi) is 4.57. The fourth-order valence-electron chi connectivity index (χ4n) is 2.25. The van der Waals surface area contributed by atoms with E-state index in [0.717, 1.165) is 11.3 Å². The highest BCUT2D eigenvalue weighted by molar-refractivity contribution is 5.96. The van der Waals surface area contributed by atoms with Crippen molar-refractivity contribution in [3.8, 4) is 0 Å². The molecule has 0 aromatic heterocycles. The van der Waals surface area contributed by atoms with Gasteiger partial charge in [0.15, 0.2) is 0 Å². The van der Waals surface area contributed by atoms with Crippen molar-refractivity contribution in [1.29, 1.82) is 0 Å². The summed E-state index contributed by atoms with van der Waals surface area (Å²) in [6.07, 6.45) is 0. The number of rotatable bonds is 4. The molecule has 0 aliphatic carbocycles. The zero-order valence-electron chi connectivity index (χ0n) is 12.3. The molecule has 0 bridgehead atoms. The van der Waals surface area contributed by atoms with E-state index in [9.17, 15) is 4.79 Å². The van der Waals surface area contributed by atoms with Crippen molar-refractivity contribution >= 4 is 11.6 Å². The molecule has 0 saturated carbocycles. The molecule has 104 valence electrons. The molecule has 2 aromatic rings. The SMILES string of the molecule is CC(C)c1ccccc1NC(=O)[C@H](C)c1ccccc1. The number of nitrogens with one attached hydrogen (secondary N) is 1. The molecule has 20 heavy (non-hydrogen) atoms. The van der Waals surface area contributed by atoms with Crippen molar-refractivity contribution in [2.75, 3.05) is 5.32 Å². The van der Waals surface area contributed by atoms with Crippen molar-refractivity contribution in [2.45, 2.75) is 32.6 Å². The van der Waals surface area contributed by atoms with Gasteiger partial charge in [-0.2, -0.15) is 0 Å². The number of benzene rings is 2. The van der Waals surface area contributed by atoms with Crippen LogP contribution in [-0.4, -0.2) is 5.91 Å². The van der Waals surface area contributed by atoms with Gasteiger partial charge in [-0.25, -0.2) is 0 Å². The van der Waals surface area contributed by atoms with E-state index >= 15 is 0 Å². The smallest absolute Gasteiger partial charge is 0.231 e. The van der Waals surface area contributed by atoms with Gasteiger partial charge < -0.3 is 5.32 Å². The van der Waals surface area contributed by atoms with Crippen LogP contribution in [0, 0.1) is 0 Å². The van der Waals surface area contributed by atoms with Gasteiger partial charge in [-0.05, 0) is 30.0 Å². The van der Waals surface area contributed by atoms with Gasteiger partial charge in [0, 0.05) is 5.69 Å². The maximum Gasteiger partial charge on any atom is 0.231 e. The third kappa shape index (κ3) is 3.27. The Morgan fingerprint density at radius 2 is 1.50 bits per heavy atom. The first kappa shape index (κ1) is 14.3. The van der Waals surface area contributed by atoms with Crippen molar-refractivity contribution in [1.82, 2.24) is 0 Å². The Labute approximate surface area is 120 Å². The number of para-hydroxylation sites is 1. The summed E-state index contributed by atoms with van der Waals surface area (Å²) in [5, 5.41) is 3.05. The molecule has 0 fully saturated rings. The highest BCUT2D eigenvalue weighted by atomic mass is 16.1. The van der Waals surface area contributed by atoms with Gasteiger partial charge >= 0.3 is 0 Å². The summed E-state index contributed by atoms with van der Waals surface area (Å²) in [7, 11) is 0. The van der Waals surface area contributed by atoms with Crippen LogP contribution in [-0.2, 0) is 4.79 Å². The van der Waals surface area contributed by atoms with Crippen molar-refractivity contribution in [3.63, 3.8) is 0 Å². The average Bonchev–Trinajstić information content (AvgIpc) is 2.47. The molecule has 1 atom stereocenters. The van der Waals surface area contributed by atoms with Gasteiger partial charge in [0.25, 0.3) is 0 Å². The van der Waals surface area contributed by atoms with Crippen LogP contribution in [0.25, 0.3) is 0 Å². The van der Waals surface area contributed by atoms with Crippen LogP contribution >= 0.6 is 0 Å². The Bertz CT molecular complexity index is 575. The van der Waals surface area contributed by atoms with Crippen LogP contribution < -0.4 is 5.32 Å². The monoisotopic (exact) mass is 267 g/mol. The lowest BCUT2D eigenvalue weighted by Crippen LogP contribution is -2.19. The molecule has 0 spiro atoms. The van der Waals surface area contributed by atoms with E-state index in [1.165, 1.54) is 5.56 Å². The summed E-state index contributed by atoms with van der Waals surface area (Å²) in [4.78, 5) is 12.4. The fourth-order valence-corrected chi connectivity index (χ4v) is 2.25. The third-order valence-corrected chi connectivity index (χ3v) is 3.53. The lowest BCUT2D eigenvalue weighted by Gasteiger charge is -2.16. The number of hydrogen-bond acceptors (Lipinski definition) is 1. The molecule has 0 radical (unpaired) electrons. The largest absolute Gasteiger partial charge is 0.325 e. The van der Waals surface area contributed by atoms with Crippen molar-refractivity contribution in [2.24, 2.45) is 0 Å². The first-order chi connectivity index (χ1) is 9.59. The van der Waals surface area contributed by atoms with E-state index in [0.29, 0.717) is 5.92 Å². The quantitative estimate of drug-likeness (QED) is 0.865. The Morgan fingerprint density at radius 3 is 2.15 bits per heavy atom. The zero-order chi connectivity index (χ0) is 14.5. The molecule has 2 aromatic carbocycles. The molecular weight excluding hydrogens is 246 g/mol. The van der Waals surface area contributed by atoms with Gasteiger partial charge in [-0.3, -0.25) is 4.79 Å². The van der Waals surface area contributed by atoms with Crippen molar-refractivity contribution in [3.05, 3.63) is 65.7 Å². The number of hydrogen-bond donors (Lipinski definition) is 1. The first-order valence-electron chi connectivity index (χ1n) is 7.04. The Morgan fingerprint density at radius 1 is 0.900 bits per heavy atom. The molecule has 2 nitrogen and oxygen atoms in total. The van der Waals surface area contributed by atoms with E-state index in [4.69, 9.17) is 0 Å². The van der Waals surface area contributed by atoms with E-state index in [2.05, 4.69) is 25.2 Å². The number of anilines is 1. The number of amides is 1. The first-order valence-corrected chi connectivity index (χ1v) is 7.04. The molecule has 1 amide bonds. The highest BCUT2D eigenvalue weighted by Gasteiger charge is 2.16. The van der Waals surface area contributed by atoms with Crippen LogP contribution in [0.15, 0.2) is 54.6 Å². The van der Waals surface area contributed by atoms with Crippen molar-refractivity contribution < 1.29 is 4.79 Å². The minimum absolute atomic E-state index is 0.0318. The fraction of sp³-hybridized carbons (Fsp3) is 0.278. The summed E-state index contributed by atoms with van der Waals surface area (Å²) < 4.78 is 0. The van der Waals surface area contributed by atoms with Crippen LogP contribution in [0.1, 0.15) is 43.7 Å². The summed E-state index contributed by atoms with van der Waals surface area (Å²) in [6, 6.07) is 17.8. The van der Waals surface area contributed by atoms with Crippen LogP contribution in [0.5, 0.6) is 0 Å². The summed E-state index contributed by atoms with van der Waals surface area (Å²) in [6.45, 7) is 6.19. The van der Waals surface area contributed by atoms with Crippen LogP contribution in [0.4, 0.5) is 5.69 Å². The molecule has 0 saturated heterocycles. The average molecular weight is 267 g/mol. The summed E-state index contributed by atoms with van der Waals surface area (Å²) in [5.41, 5.74) is 3.11. The number of carbonyl (C=O) groups excluding carboxylic acids is 1. The minimum Gasteiger partial charge on any atom is -0.325 e. The maximum atomic E-state index is 12.4. The molecule has 2 rings (SSSR count). The molecule has 0 heterocycles. The standard InChI is InChI=1S/C18H21NO/c1-13(2)16-11-7-8-12-17(16)19-18(20)14(3)15-9-5-4-6-10-15/h4-14H,1-3H3,(H,19,20)/t14-/m1/s1. The second-order valence-corrected chi connectivity index (χ2v) is 5.36. The molecule has 0 aliphatic heterocycles. The zero-order valence-corrected chi connectivity index (χ0v) is 12.3. The predicted molar refractivity (Wildman–Crippen MR) is 84.0 cm³/mol. The van der Waals surface area contributed by atoms with Gasteiger partial charge in [-0.15, -0.1) is 0 Å². The van der Waals surface area contributed by atoms with E-state index in [1.54, 1.807) is 0 Å². The van der Waals surface area contributed by atoms with Gasteiger partial charge in [0.1, 0.15) is 0 Å². The third-order valence-electron chi connectivity index (χ3n) is 3.53. The van der Waals surface area contributed by atoms with Gasteiger partial charge in [0.05, 0.1) is 5.92 Å². The molecule has 0 unspecified atom stereocenters. The molecular formula is C18H21NO. The predicted octanol–water partition coefficient (Wildman–Crippen LogP) is 4.55. The maximum absolute atomic E-state index is 12.4. The molecule has 1 N–H and O–H groups in total. The topological polar surface area (TPSA) is 29.1 Å². The highest BCUT2D eigenvalue weighted by Crippen LogP contribution is 2.25. The second-order valence-electron chi connectivity index (χ2n) is 5.36. The normalized spacial score (nSPS) is 12.2. The van der Waals surface area contributed by atoms with Crippen LogP contribution in [0.2, 0.25) is 0 Å². The lowest BCUT2D eigenvalue weighted by atomic mass is 9.98. The van der Waals surface area contributed by atoms with E-state index in [1.807, 2.05) is 55.5 Å². The van der Waals surface area contributed by atoms with Crippen LogP contribution in [0.3, 0.4) is 0 Å².